The number of hydrogen-bond acceptors (Lipinski definition) is 3. The monoisotopic (exact) mass is 297 g/mol. The van der Waals surface area contributed by atoms with Gasteiger partial charge in [0.25, 0.3) is 0 Å². The number of halogens is 3. The summed E-state index contributed by atoms with van der Waals surface area (Å²) in [7, 11) is 0. The van der Waals surface area contributed by atoms with Gasteiger partial charge in [0.05, 0.1) is 18.1 Å². The maximum atomic E-state index is 12.7. The molecule has 2 rings (SSSR count). The standard InChI is InChI=1S/C15H18F3N3/c1-12(5-6-19)20-7-9-21(10-8-20)14-4-2-3-13(11-14)15(16,17)18/h2-4,11-12H,5,7-10H2,1H3. The molecule has 21 heavy (non-hydrogen) atoms. The van der Waals surface area contributed by atoms with Gasteiger partial charge in [0.15, 0.2) is 0 Å². The first kappa shape index (κ1) is 15.6. The molecule has 0 bridgehead atoms. The van der Waals surface area contributed by atoms with Gasteiger partial charge in [-0.2, -0.15) is 18.4 Å². The lowest BCUT2D eigenvalue weighted by atomic mass is 10.1. The molecular weight excluding hydrogens is 279 g/mol. The van der Waals surface area contributed by atoms with E-state index in [-0.39, 0.29) is 6.04 Å². The second-order valence-corrected chi connectivity index (χ2v) is 5.28. The maximum Gasteiger partial charge on any atom is 0.416 e. The average Bonchev–Trinajstić information content (AvgIpc) is 2.47. The van der Waals surface area contributed by atoms with E-state index >= 15 is 0 Å². The Hall–Kier alpha value is -1.74. The molecule has 1 unspecified atom stereocenters. The first-order valence-electron chi connectivity index (χ1n) is 6.95. The Morgan fingerprint density at radius 3 is 2.48 bits per heavy atom. The second-order valence-electron chi connectivity index (χ2n) is 5.28. The number of nitriles is 1. The Kier molecular flexibility index (Phi) is 4.73. The molecule has 114 valence electrons. The molecule has 1 aromatic carbocycles. The molecule has 0 radical (unpaired) electrons. The molecule has 0 aliphatic carbocycles. The van der Waals surface area contributed by atoms with Crippen LogP contribution < -0.4 is 4.90 Å². The highest BCUT2D eigenvalue weighted by molar-refractivity contribution is 5.49. The third-order valence-corrected chi connectivity index (χ3v) is 3.86. The van der Waals surface area contributed by atoms with Gasteiger partial charge in [-0.05, 0) is 25.1 Å². The number of alkyl halides is 3. The highest BCUT2D eigenvalue weighted by Crippen LogP contribution is 2.31. The summed E-state index contributed by atoms with van der Waals surface area (Å²) in [6, 6.07) is 7.80. The number of benzene rings is 1. The van der Waals surface area contributed by atoms with Crippen molar-refractivity contribution in [3.63, 3.8) is 0 Å². The van der Waals surface area contributed by atoms with Crippen LogP contribution in [0.2, 0.25) is 0 Å². The van der Waals surface area contributed by atoms with Gasteiger partial charge in [0.2, 0.25) is 0 Å². The zero-order chi connectivity index (χ0) is 15.5. The first-order chi connectivity index (χ1) is 9.91. The maximum absolute atomic E-state index is 12.7. The van der Waals surface area contributed by atoms with E-state index in [0.29, 0.717) is 25.2 Å². The average molecular weight is 297 g/mol. The number of piperazine rings is 1. The van der Waals surface area contributed by atoms with Crippen LogP contribution in [0.25, 0.3) is 0 Å². The highest BCUT2D eigenvalue weighted by atomic mass is 19.4. The highest BCUT2D eigenvalue weighted by Gasteiger charge is 2.31. The lowest BCUT2D eigenvalue weighted by molar-refractivity contribution is -0.137. The molecule has 1 fully saturated rings. The van der Waals surface area contributed by atoms with E-state index in [1.54, 1.807) is 6.07 Å². The van der Waals surface area contributed by atoms with Crippen LogP contribution in [0.5, 0.6) is 0 Å². The van der Waals surface area contributed by atoms with Crippen molar-refractivity contribution in [3.8, 4) is 6.07 Å². The van der Waals surface area contributed by atoms with E-state index in [9.17, 15) is 13.2 Å². The number of hydrogen-bond donors (Lipinski definition) is 0. The SMILES string of the molecule is CC(CC#N)N1CCN(c2cccc(C(F)(F)F)c2)CC1. The normalized spacial score (nSPS) is 18.3. The molecule has 0 saturated carbocycles. The fourth-order valence-corrected chi connectivity index (χ4v) is 2.56. The molecular formula is C15H18F3N3. The Bertz CT molecular complexity index is 514. The Morgan fingerprint density at radius 2 is 1.90 bits per heavy atom. The zero-order valence-electron chi connectivity index (χ0n) is 11.9. The van der Waals surface area contributed by atoms with Crippen LogP contribution in [-0.4, -0.2) is 37.1 Å². The third kappa shape index (κ3) is 3.88. The van der Waals surface area contributed by atoms with Crippen LogP contribution in [0, 0.1) is 11.3 Å². The lowest BCUT2D eigenvalue weighted by Crippen LogP contribution is -2.49. The van der Waals surface area contributed by atoms with Crippen molar-refractivity contribution in [2.24, 2.45) is 0 Å². The molecule has 1 aromatic rings. The van der Waals surface area contributed by atoms with Crippen molar-refractivity contribution in [1.82, 2.24) is 4.90 Å². The molecule has 1 aliphatic heterocycles. The fraction of sp³-hybridized carbons (Fsp3) is 0.533. The molecule has 0 N–H and O–H groups in total. The van der Waals surface area contributed by atoms with Gasteiger partial charge in [-0.3, -0.25) is 4.90 Å². The minimum Gasteiger partial charge on any atom is -0.369 e. The number of anilines is 1. The van der Waals surface area contributed by atoms with E-state index in [2.05, 4.69) is 11.0 Å². The second kappa shape index (κ2) is 6.35. The molecule has 1 heterocycles. The summed E-state index contributed by atoms with van der Waals surface area (Å²) >= 11 is 0. The van der Waals surface area contributed by atoms with Crippen LogP contribution in [0.1, 0.15) is 18.9 Å². The molecule has 0 spiro atoms. The van der Waals surface area contributed by atoms with Crippen LogP contribution in [0.4, 0.5) is 18.9 Å². The Balaban J connectivity index is 2.01. The van der Waals surface area contributed by atoms with Gasteiger partial charge in [0, 0.05) is 37.9 Å². The van der Waals surface area contributed by atoms with Gasteiger partial charge in [-0.25, -0.2) is 0 Å². The summed E-state index contributed by atoms with van der Waals surface area (Å²) in [5, 5.41) is 8.71. The molecule has 1 saturated heterocycles. The minimum atomic E-state index is -4.31. The van der Waals surface area contributed by atoms with E-state index in [4.69, 9.17) is 5.26 Å². The molecule has 1 atom stereocenters. The molecule has 1 aliphatic rings. The predicted molar refractivity (Wildman–Crippen MR) is 74.9 cm³/mol. The first-order valence-corrected chi connectivity index (χ1v) is 6.95. The molecule has 6 heteroatoms. The minimum absolute atomic E-state index is 0.193. The van der Waals surface area contributed by atoms with Crippen LogP contribution in [0.3, 0.4) is 0 Å². The van der Waals surface area contributed by atoms with Gasteiger partial charge in [0.1, 0.15) is 0 Å². The summed E-state index contributed by atoms with van der Waals surface area (Å²) < 4.78 is 38.2. The van der Waals surface area contributed by atoms with Crippen molar-refractivity contribution in [2.75, 3.05) is 31.1 Å². The third-order valence-electron chi connectivity index (χ3n) is 3.86. The lowest BCUT2D eigenvalue weighted by Gasteiger charge is -2.38. The van der Waals surface area contributed by atoms with Crippen LogP contribution in [0.15, 0.2) is 24.3 Å². The Morgan fingerprint density at radius 1 is 1.24 bits per heavy atom. The quantitative estimate of drug-likeness (QED) is 0.858. The molecule has 3 nitrogen and oxygen atoms in total. The zero-order valence-corrected chi connectivity index (χ0v) is 11.9. The topological polar surface area (TPSA) is 30.3 Å². The fourth-order valence-electron chi connectivity index (χ4n) is 2.56. The summed E-state index contributed by atoms with van der Waals surface area (Å²) in [5.41, 5.74) is -0.00214. The van der Waals surface area contributed by atoms with Crippen molar-refractivity contribution in [2.45, 2.75) is 25.6 Å². The largest absolute Gasteiger partial charge is 0.416 e. The molecule has 0 amide bonds. The predicted octanol–water partition coefficient (Wildman–Crippen LogP) is 3.13. The van der Waals surface area contributed by atoms with Crippen LogP contribution in [-0.2, 0) is 6.18 Å². The number of rotatable bonds is 3. The van der Waals surface area contributed by atoms with Crippen molar-refractivity contribution >= 4 is 5.69 Å². The summed E-state index contributed by atoms with van der Waals surface area (Å²) in [6.07, 6.45) is -3.83. The van der Waals surface area contributed by atoms with Crippen LogP contribution >= 0.6 is 0 Å². The summed E-state index contributed by atoms with van der Waals surface area (Å²) in [6.45, 7) is 4.88. The van der Waals surface area contributed by atoms with E-state index in [1.165, 1.54) is 12.1 Å². The Labute approximate surface area is 122 Å². The van der Waals surface area contributed by atoms with Crippen molar-refractivity contribution in [3.05, 3.63) is 29.8 Å². The van der Waals surface area contributed by atoms with Gasteiger partial charge >= 0.3 is 6.18 Å². The number of nitrogens with zero attached hydrogens (tertiary/aromatic N) is 3. The van der Waals surface area contributed by atoms with Gasteiger partial charge < -0.3 is 4.90 Å². The van der Waals surface area contributed by atoms with Crippen molar-refractivity contribution in [1.29, 1.82) is 5.26 Å². The van der Waals surface area contributed by atoms with Gasteiger partial charge in [-0.1, -0.05) is 6.07 Å². The van der Waals surface area contributed by atoms with Gasteiger partial charge in [-0.15, -0.1) is 0 Å². The smallest absolute Gasteiger partial charge is 0.369 e. The van der Waals surface area contributed by atoms with E-state index in [0.717, 1.165) is 19.2 Å². The van der Waals surface area contributed by atoms with E-state index < -0.39 is 11.7 Å². The van der Waals surface area contributed by atoms with E-state index in [1.807, 2.05) is 11.8 Å². The molecule has 0 aromatic heterocycles. The van der Waals surface area contributed by atoms with Crippen molar-refractivity contribution < 1.29 is 13.2 Å². The summed E-state index contributed by atoms with van der Waals surface area (Å²) in [5.74, 6) is 0. The summed E-state index contributed by atoms with van der Waals surface area (Å²) in [4.78, 5) is 4.16.